The number of benzene rings is 2. The highest BCUT2D eigenvalue weighted by molar-refractivity contribution is 5.89. The van der Waals surface area contributed by atoms with Crippen LogP contribution in [0.15, 0.2) is 48.5 Å². The summed E-state index contributed by atoms with van der Waals surface area (Å²) in [4.78, 5) is 13.8. The molecule has 0 aliphatic rings. The lowest BCUT2D eigenvalue weighted by Gasteiger charge is -2.11. The molecule has 0 unspecified atom stereocenters. The van der Waals surface area contributed by atoms with E-state index in [0.717, 1.165) is 17.8 Å². The van der Waals surface area contributed by atoms with Crippen molar-refractivity contribution >= 4 is 11.7 Å². The van der Waals surface area contributed by atoms with Gasteiger partial charge in [0.25, 0.3) is 0 Å². The molecule has 0 bridgehead atoms. The number of nitrogens with zero attached hydrogens (tertiary/aromatic N) is 1. The third-order valence-electron chi connectivity index (χ3n) is 3.34. The number of likely N-dealkylation sites (N-methyl/N-ethyl adjacent to an activating group) is 1. The van der Waals surface area contributed by atoms with Gasteiger partial charge in [0.1, 0.15) is 0 Å². The second kappa shape index (κ2) is 7.61. The minimum atomic E-state index is -0.176. The van der Waals surface area contributed by atoms with Crippen LogP contribution in [0.5, 0.6) is 0 Å². The number of carbonyl (C=O) groups excluding carboxylic acids is 1. The second-order valence-electron chi connectivity index (χ2n) is 5.63. The molecule has 4 heteroatoms. The van der Waals surface area contributed by atoms with Gasteiger partial charge >= 0.3 is 6.03 Å². The number of rotatable bonds is 5. The molecule has 2 aromatic carbocycles. The van der Waals surface area contributed by atoms with E-state index in [1.165, 1.54) is 11.1 Å². The molecule has 116 valence electrons. The Balaban J connectivity index is 1.93. The molecule has 0 fully saturated rings. The molecule has 0 aromatic heterocycles. The molecule has 0 saturated heterocycles. The smallest absolute Gasteiger partial charge is 0.319 e. The van der Waals surface area contributed by atoms with E-state index in [-0.39, 0.29) is 6.03 Å². The summed E-state index contributed by atoms with van der Waals surface area (Å²) in [5.41, 5.74) is 4.35. The molecule has 0 spiro atoms. The van der Waals surface area contributed by atoms with Crippen molar-refractivity contribution in [2.45, 2.75) is 6.92 Å². The summed E-state index contributed by atoms with van der Waals surface area (Å²) in [7, 11) is 3.95. The number of hydrogen-bond donors (Lipinski definition) is 2. The lowest BCUT2D eigenvalue weighted by molar-refractivity contribution is 0.250. The fourth-order valence-electron chi connectivity index (χ4n) is 2.14. The van der Waals surface area contributed by atoms with Crippen LogP contribution in [0, 0.1) is 6.92 Å². The first-order chi connectivity index (χ1) is 10.5. The van der Waals surface area contributed by atoms with Gasteiger partial charge in [-0.25, -0.2) is 4.79 Å². The summed E-state index contributed by atoms with van der Waals surface area (Å²) in [6.45, 7) is 3.53. The summed E-state index contributed by atoms with van der Waals surface area (Å²) in [6, 6.07) is 16.1. The highest BCUT2D eigenvalue weighted by Crippen LogP contribution is 2.22. The zero-order valence-corrected chi connectivity index (χ0v) is 13.4. The van der Waals surface area contributed by atoms with Gasteiger partial charge in [0.05, 0.1) is 0 Å². The van der Waals surface area contributed by atoms with Crippen LogP contribution in [0.2, 0.25) is 0 Å². The van der Waals surface area contributed by atoms with Crippen LogP contribution >= 0.6 is 0 Å². The van der Waals surface area contributed by atoms with Crippen LogP contribution in [0.25, 0.3) is 11.1 Å². The molecule has 2 amide bonds. The molecular formula is C18H23N3O. The van der Waals surface area contributed by atoms with Gasteiger partial charge in [0.2, 0.25) is 0 Å². The molecular weight excluding hydrogens is 274 g/mol. The maximum absolute atomic E-state index is 11.8. The predicted molar refractivity (Wildman–Crippen MR) is 92.2 cm³/mol. The summed E-state index contributed by atoms with van der Waals surface area (Å²) < 4.78 is 0. The molecule has 0 aliphatic carbocycles. The summed E-state index contributed by atoms with van der Waals surface area (Å²) in [5, 5.41) is 5.66. The highest BCUT2D eigenvalue weighted by atomic mass is 16.2. The average molecular weight is 297 g/mol. The molecule has 2 N–H and O–H groups in total. The van der Waals surface area contributed by atoms with Gasteiger partial charge in [-0.15, -0.1) is 0 Å². The first-order valence-corrected chi connectivity index (χ1v) is 7.41. The maximum Gasteiger partial charge on any atom is 0.319 e. The molecule has 2 aromatic rings. The Morgan fingerprint density at radius 2 is 1.77 bits per heavy atom. The van der Waals surface area contributed by atoms with E-state index in [1.54, 1.807) is 0 Å². The molecule has 2 rings (SSSR count). The van der Waals surface area contributed by atoms with Crippen molar-refractivity contribution in [1.29, 1.82) is 0 Å². The van der Waals surface area contributed by atoms with E-state index < -0.39 is 0 Å². The minimum absolute atomic E-state index is 0.176. The van der Waals surface area contributed by atoms with Gasteiger partial charge in [-0.05, 0) is 44.3 Å². The van der Waals surface area contributed by atoms with Gasteiger partial charge in [-0.3, -0.25) is 0 Å². The number of aryl methyl sites for hydroxylation is 1. The zero-order valence-electron chi connectivity index (χ0n) is 13.4. The van der Waals surface area contributed by atoms with Crippen molar-refractivity contribution in [3.05, 3.63) is 54.1 Å². The third kappa shape index (κ3) is 4.90. The van der Waals surface area contributed by atoms with Crippen molar-refractivity contribution in [3.63, 3.8) is 0 Å². The van der Waals surface area contributed by atoms with E-state index in [9.17, 15) is 4.79 Å². The molecule has 0 aliphatic heterocycles. The first-order valence-electron chi connectivity index (χ1n) is 7.41. The molecule has 0 radical (unpaired) electrons. The number of hydrogen-bond acceptors (Lipinski definition) is 2. The normalized spacial score (nSPS) is 10.5. The van der Waals surface area contributed by atoms with Crippen molar-refractivity contribution < 1.29 is 4.79 Å². The van der Waals surface area contributed by atoms with Crippen LogP contribution in [0.4, 0.5) is 10.5 Å². The van der Waals surface area contributed by atoms with Gasteiger partial charge in [0, 0.05) is 18.8 Å². The molecule has 0 atom stereocenters. The van der Waals surface area contributed by atoms with E-state index in [4.69, 9.17) is 0 Å². The third-order valence-corrected chi connectivity index (χ3v) is 3.34. The molecule has 0 saturated carbocycles. The topological polar surface area (TPSA) is 44.4 Å². The first kappa shape index (κ1) is 16.0. The van der Waals surface area contributed by atoms with Gasteiger partial charge in [-0.2, -0.15) is 0 Å². The Kier molecular flexibility index (Phi) is 5.55. The Bertz CT molecular complexity index is 620. The van der Waals surface area contributed by atoms with E-state index in [2.05, 4.69) is 41.8 Å². The van der Waals surface area contributed by atoms with Gasteiger partial charge in [-0.1, -0.05) is 42.0 Å². The van der Waals surface area contributed by atoms with Crippen LogP contribution in [-0.4, -0.2) is 38.1 Å². The fraction of sp³-hybridized carbons (Fsp3) is 0.278. The van der Waals surface area contributed by atoms with Crippen LogP contribution in [-0.2, 0) is 0 Å². The van der Waals surface area contributed by atoms with E-state index >= 15 is 0 Å². The summed E-state index contributed by atoms with van der Waals surface area (Å²) in [6.07, 6.45) is 0. The Morgan fingerprint density at radius 1 is 1.05 bits per heavy atom. The lowest BCUT2D eigenvalue weighted by Crippen LogP contribution is -2.34. The summed E-state index contributed by atoms with van der Waals surface area (Å²) >= 11 is 0. The number of nitrogens with one attached hydrogen (secondary N) is 2. The quantitative estimate of drug-likeness (QED) is 0.889. The lowest BCUT2D eigenvalue weighted by atomic mass is 10.0. The van der Waals surface area contributed by atoms with E-state index in [0.29, 0.717) is 6.54 Å². The highest BCUT2D eigenvalue weighted by Gasteiger charge is 2.02. The zero-order chi connectivity index (χ0) is 15.9. The number of amides is 2. The Hall–Kier alpha value is -2.33. The van der Waals surface area contributed by atoms with E-state index in [1.807, 2.05) is 43.3 Å². The SMILES string of the molecule is Cc1cccc(-c2ccc(NC(=O)NCCN(C)C)cc2)c1. The number of anilines is 1. The average Bonchev–Trinajstić information content (AvgIpc) is 2.47. The maximum atomic E-state index is 11.8. The van der Waals surface area contributed by atoms with Gasteiger partial charge < -0.3 is 15.5 Å². The minimum Gasteiger partial charge on any atom is -0.337 e. The molecule has 22 heavy (non-hydrogen) atoms. The van der Waals surface area contributed by atoms with Crippen molar-refractivity contribution in [1.82, 2.24) is 10.2 Å². The second-order valence-corrected chi connectivity index (χ2v) is 5.63. The van der Waals surface area contributed by atoms with Gasteiger partial charge in [0.15, 0.2) is 0 Å². The predicted octanol–water partition coefficient (Wildman–Crippen LogP) is 3.35. The fourth-order valence-corrected chi connectivity index (χ4v) is 2.14. The van der Waals surface area contributed by atoms with Crippen molar-refractivity contribution in [2.24, 2.45) is 0 Å². The van der Waals surface area contributed by atoms with Crippen molar-refractivity contribution in [3.8, 4) is 11.1 Å². The van der Waals surface area contributed by atoms with Crippen molar-refractivity contribution in [2.75, 3.05) is 32.5 Å². The van der Waals surface area contributed by atoms with Crippen LogP contribution < -0.4 is 10.6 Å². The Morgan fingerprint density at radius 3 is 2.41 bits per heavy atom. The Labute approximate surface area is 132 Å². The van der Waals surface area contributed by atoms with Crippen LogP contribution in [0.3, 0.4) is 0 Å². The summed E-state index contributed by atoms with van der Waals surface area (Å²) in [5.74, 6) is 0. The monoisotopic (exact) mass is 297 g/mol. The number of carbonyl (C=O) groups is 1. The standard InChI is InChI=1S/C18H23N3O/c1-14-5-4-6-16(13-14)15-7-9-17(10-8-15)20-18(22)19-11-12-21(2)3/h4-10,13H,11-12H2,1-3H3,(H2,19,20,22). The number of urea groups is 1. The van der Waals surface area contributed by atoms with Crippen LogP contribution in [0.1, 0.15) is 5.56 Å². The molecule has 0 heterocycles. The molecule has 4 nitrogen and oxygen atoms in total. The largest absolute Gasteiger partial charge is 0.337 e.